The van der Waals surface area contributed by atoms with Crippen molar-refractivity contribution in [3.8, 4) is 5.75 Å². The molecule has 0 saturated heterocycles. The Morgan fingerprint density at radius 1 is 1.29 bits per heavy atom. The highest BCUT2D eigenvalue weighted by atomic mass is 16.5. The zero-order valence-electron chi connectivity index (χ0n) is 12.2. The highest BCUT2D eigenvalue weighted by Crippen LogP contribution is 2.33. The first kappa shape index (κ1) is 13.9. The van der Waals surface area contributed by atoms with E-state index in [1.165, 1.54) is 11.1 Å². The maximum atomic E-state index is 10.9. The zero-order chi connectivity index (χ0) is 14.9. The van der Waals surface area contributed by atoms with Crippen LogP contribution in [-0.4, -0.2) is 22.8 Å². The summed E-state index contributed by atoms with van der Waals surface area (Å²) in [6, 6.07) is 9.85. The summed E-state index contributed by atoms with van der Waals surface area (Å²) < 4.78 is 5.28. The number of aryl methyl sites for hydroxylation is 1. The van der Waals surface area contributed by atoms with Crippen LogP contribution in [-0.2, 0) is 19.3 Å². The van der Waals surface area contributed by atoms with Crippen molar-refractivity contribution in [2.24, 2.45) is 0 Å². The van der Waals surface area contributed by atoms with Crippen LogP contribution in [0.4, 0.5) is 5.82 Å². The Morgan fingerprint density at radius 3 is 2.90 bits per heavy atom. The van der Waals surface area contributed by atoms with Gasteiger partial charge < -0.3 is 15.6 Å². The third-order valence-corrected chi connectivity index (χ3v) is 4.17. The summed E-state index contributed by atoms with van der Waals surface area (Å²) in [4.78, 5) is 3.99. The molecule has 1 aromatic heterocycles. The van der Waals surface area contributed by atoms with E-state index >= 15 is 0 Å². The van der Waals surface area contributed by atoms with Crippen molar-refractivity contribution in [1.29, 1.82) is 0 Å². The van der Waals surface area contributed by atoms with Gasteiger partial charge in [0.1, 0.15) is 11.6 Å². The van der Waals surface area contributed by atoms with Crippen molar-refractivity contribution < 1.29 is 9.84 Å². The van der Waals surface area contributed by atoms with Gasteiger partial charge in [-0.2, -0.15) is 0 Å². The number of aliphatic hydroxyl groups is 1. The first-order valence-corrected chi connectivity index (χ1v) is 7.17. The highest BCUT2D eigenvalue weighted by Gasteiger charge is 2.32. The maximum absolute atomic E-state index is 10.9. The molecule has 3 N–H and O–H groups in total. The number of methoxy groups -OCH3 is 1. The fourth-order valence-corrected chi connectivity index (χ4v) is 3.08. The smallest absolute Gasteiger partial charge is 0.123 e. The number of ether oxygens (including phenoxy) is 1. The van der Waals surface area contributed by atoms with Crippen molar-refractivity contribution in [3.63, 3.8) is 0 Å². The Balaban J connectivity index is 1.83. The lowest BCUT2D eigenvalue weighted by Gasteiger charge is -2.34. The van der Waals surface area contributed by atoms with Crippen molar-refractivity contribution in [2.75, 3.05) is 12.8 Å². The van der Waals surface area contributed by atoms with E-state index < -0.39 is 5.60 Å². The Morgan fingerprint density at radius 2 is 2.14 bits per heavy atom. The summed E-state index contributed by atoms with van der Waals surface area (Å²) in [6.07, 6.45) is 4.57. The highest BCUT2D eigenvalue weighted by molar-refractivity contribution is 5.39. The lowest BCUT2D eigenvalue weighted by molar-refractivity contribution is 0.0267. The minimum atomic E-state index is -0.729. The van der Waals surface area contributed by atoms with Gasteiger partial charge in [-0.1, -0.05) is 6.07 Å². The second-order valence-electron chi connectivity index (χ2n) is 5.80. The van der Waals surface area contributed by atoms with E-state index in [0.717, 1.165) is 24.2 Å². The van der Waals surface area contributed by atoms with Crippen molar-refractivity contribution >= 4 is 5.82 Å². The number of pyridine rings is 1. The van der Waals surface area contributed by atoms with E-state index in [2.05, 4.69) is 11.1 Å². The summed E-state index contributed by atoms with van der Waals surface area (Å²) in [5, 5.41) is 10.9. The van der Waals surface area contributed by atoms with Gasteiger partial charge in [-0.05, 0) is 53.8 Å². The van der Waals surface area contributed by atoms with E-state index in [1.807, 2.05) is 24.3 Å². The Labute approximate surface area is 124 Å². The number of anilines is 1. The monoisotopic (exact) mass is 284 g/mol. The van der Waals surface area contributed by atoms with E-state index in [1.54, 1.807) is 13.3 Å². The summed E-state index contributed by atoms with van der Waals surface area (Å²) in [5.74, 6) is 1.33. The van der Waals surface area contributed by atoms with Crippen molar-refractivity contribution in [1.82, 2.24) is 4.98 Å². The molecule has 1 aliphatic rings. The minimum absolute atomic E-state index is 0.494. The third-order valence-electron chi connectivity index (χ3n) is 4.17. The molecular formula is C17H20N2O2. The molecule has 0 radical (unpaired) electrons. The molecule has 1 heterocycles. The molecule has 0 amide bonds. The fraction of sp³-hybridized carbons (Fsp3) is 0.353. The number of hydrogen-bond donors (Lipinski definition) is 2. The number of fused-ring (bicyclic) bond motifs is 1. The first-order chi connectivity index (χ1) is 10.1. The molecule has 4 nitrogen and oxygen atoms in total. The number of rotatable bonds is 3. The van der Waals surface area contributed by atoms with Crippen molar-refractivity contribution in [2.45, 2.75) is 31.3 Å². The van der Waals surface area contributed by atoms with Gasteiger partial charge in [-0.15, -0.1) is 0 Å². The van der Waals surface area contributed by atoms with Crippen LogP contribution in [0.2, 0.25) is 0 Å². The number of benzene rings is 1. The molecule has 0 fully saturated rings. The molecule has 0 saturated carbocycles. The van der Waals surface area contributed by atoms with Gasteiger partial charge in [-0.25, -0.2) is 4.98 Å². The molecule has 3 rings (SSSR count). The van der Waals surface area contributed by atoms with E-state index in [9.17, 15) is 5.11 Å². The van der Waals surface area contributed by atoms with E-state index in [-0.39, 0.29) is 0 Å². The molecule has 1 unspecified atom stereocenters. The molecule has 0 bridgehead atoms. The minimum Gasteiger partial charge on any atom is -0.497 e. The van der Waals surface area contributed by atoms with Crippen molar-refractivity contribution in [3.05, 3.63) is 53.2 Å². The summed E-state index contributed by atoms with van der Waals surface area (Å²) in [7, 11) is 1.66. The van der Waals surface area contributed by atoms with Crippen LogP contribution in [0, 0.1) is 0 Å². The average molecular weight is 284 g/mol. The largest absolute Gasteiger partial charge is 0.497 e. The Kier molecular flexibility index (Phi) is 3.55. The molecule has 1 atom stereocenters. The SMILES string of the molecule is COc1ccc2c(c1)CC(O)(Cc1ccnc(N)c1)CC2. The van der Waals surface area contributed by atoms with Crippen LogP contribution in [0.1, 0.15) is 23.1 Å². The van der Waals surface area contributed by atoms with Gasteiger partial charge in [0, 0.05) is 19.0 Å². The van der Waals surface area contributed by atoms with Crippen LogP contribution >= 0.6 is 0 Å². The summed E-state index contributed by atoms with van der Waals surface area (Å²) in [6.45, 7) is 0. The number of aromatic nitrogens is 1. The van der Waals surface area contributed by atoms with Crippen LogP contribution in [0.15, 0.2) is 36.5 Å². The number of nitrogen functional groups attached to an aromatic ring is 1. The molecule has 2 aromatic rings. The molecule has 1 aliphatic carbocycles. The number of nitrogens with zero attached hydrogens (tertiary/aromatic N) is 1. The molecule has 0 spiro atoms. The quantitative estimate of drug-likeness (QED) is 0.906. The van der Waals surface area contributed by atoms with E-state index in [4.69, 9.17) is 10.5 Å². The summed E-state index contributed by atoms with van der Waals surface area (Å²) in [5.41, 5.74) is 8.48. The van der Waals surface area contributed by atoms with Gasteiger partial charge in [0.15, 0.2) is 0 Å². The first-order valence-electron chi connectivity index (χ1n) is 7.17. The second kappa shape index (κ2) is 5.37. The predicted molar refractivity (Wildman–Crippen MR) is 82.3 cm³/mol. The van der Waals surface area contributed by atoms with Crippen LogP contribution in [0.3, 0.4) is 0 Å². The molecule has 21 heavy (non-hydrogen) atoms. The molecule has 0 aliphatic heterocycles. The van der Waals surface area contributed by atoms with Crippen LogP contribution in [0.5, 0.6) is 5.75 Å². The lowest BCUT2D eigenvalue weighted by atomic mass is 9.77. The van der Waals surface area contributed by atoms with Gasteiger partial charge in [0.05, 0.1) is 12.7 Å². The normalized spacial score (nSPS) is 20.9. The predicted octanol–water partition coefficient (Wildman–Crippen LogP) is 2.13. The standard InChI is InChI=1S/C17H20N2O2/c1-21-15-3-2-13-4-6-17(20,11-14(13)9-15)10-12-5-7-19-16(18)8-12/h2-3,5,7-9,20H,4,6,10-11H2,1H3,(H2,18,19). The third kappa shape index (κ3) is 3.00. The zero-order valence-corrected chi connectivity index (χ0v) is 12.2. The Bertz CT molecular complexity index is 657. The molecule has 1 aromatic carbocycles. The second-order valence-corrected chi connectivity index (χ2v) is 5.80. The van der Waals surface area contributed by atoms with Gasteiger partial charge in [0.25, 0.3) is 0 Å². The van der Waals surface area contributed by atoms with Gasteiger partial charge in [0.2, 0.25) is 0 Å². The maximum Gasteiger partial charge on any atom is 0.123 e. The topological polar surface area (TPSA) is 68.4 Å². The van der Waals surface area contributed by atoms with Crippen LogP contribution < -0.4 is 10.5 Å². The van der Waals surface area contributed by atoms with E-state index in [0.29, 0.717) is 18.7 Å². The summed E-state index contributed by atoms with van der Waals surface area (Å²) >= 11 is 0. The van der Waals surface area contributed by atoms with Crippen LogP contribution in [0.25, 0.3) is 0 Å². The number of hydrogen-bond acceptors (Lipinski definition) is 4. The molecular weight excluding hydrogens is 264 g/mol. The number of nitrogens with two attached hydrogens (primary N) is 1. The average Bonchev–Trinajstić information content (AvgIpc) is 2.46. The molecule has 110 valence electrons. The molecule has 4 heteroatoms. The van der Waals surface area contributed by atoms with Gasteiger partial charge in [-0.3, -0.25) is 0 Å². The van der Waals surface area contributed by atoms with Gasteiger partial charge >= 0.3 is 0 Å². The Hall–Kier alpha value is -2.07. The lowest BCUT2D eigenvalue weighted by Crippen LogP contribution is -2.38. The fourth-order valence-electron chi connectivity index (χ4n) is 3.08.